The fourth-order valence-corrected chi connectivity index (χ4v) is 1.99. The summed E-state index contributed by atoms with van der Waals surface area (Å²) in [4.78, 5) is 0. The van der Waals surface area contributed by atoms with E-state index in [1.807, 2.05) is 12.1 Å². The van der Waals surface area contributed by atoms with Gasteiger partial charge in [-0.2, -0.15) is 0 Å². The Balaban J connectivity index is 2.52. The average Bonchev–Trinajstić information content (AvgIpc) is 2.59. The Hall–Kier alpha value is -1.22. The van der Waals surface area contributed by atoms with Crippen LogP contribution in [0.1, 0.15) is 23.6 Å². The molecule has 2 N–H and O–H groups in total. The minimum Gasteiger partial charge on any atom is -0.497 e. The van der Waals surface area contributed by atoms with Crippen LogP contribution in [0.3, 0.4) is 0 Å². The number of fused-ring (bicyclic) bond motifs is 1. The number of hydrogen-bond acceptors (Lipinski definition) is 3. The molecule has 0 spiro atoms. The Morgan fingerprint density at radius 2 is 2.07 bits per heavy atom. The number of nitrogens with two attached hydrogens (primary N) is 1. The molecule has 0 bridgehead atoms. The first-order chi connectivity index (χ1) is 6.76. The first-order valence-corrected chi connectivity index (χ1v) is 4.76. The van der Waals surface area contributed by atoms with Crippen molar-refractivity contribution in [1.82, 2.24) is 0 Å². The summed E-state index contributed by atoms with van der Waals surface area (Å²) >= 11 is 0. The summed E-state index contributed by atoms with van der Waals surface area (Å²) in [6.07, 6.45) is 2.00. The van der Waals surface area contributed by atoms with Gasteiger partial charge in [0.1, 0.15) is 11.5 Å². The highest BCUT2D eigenvalue weighted by Crippen LogP contribution is 2.38. The van der Waals surface area contributed by atoms with Gasteiger partial charge in [0.15, 0.2) is 0 Å². The second-order valence-corrected chi connectivity index (χ2v) is 3.54. The normalized spacial score (nSPS) is 19.2. The lowest BCUT2D eigenvalue weighted by Crippen LogP contribution is -2.05. The van der Waals surface area contributed by atoms with Crippen LogP contribution in [0.25, 0.3) is 0 Å². The van der Waals surface area contributed by atoms with E-state index in [9.17, 15) is 0 Å². The molecule has 3 nitrogen and oxygen atoms in total. The molecular weight excluding hydrogens is 178 g/mol. The second kappa shape index (κ2) is 3.50. The van der Waals surface area contributed by atoms with E-state index in [0.717, 1.165) is 24.3 Å². The van der Waals surface area contributed by atoms with Crippen LogP contribution in [-0.2, 0) is 6.42 Å². The van der Waals surface area contributed by atoms with E-state index in [1.165, 1.54) is 11.1 Å². The highest BCUT2D eigenvalue weighted by Gasteiger charge is 2.23. The van der Waals surface area contributed by atoms with Gasteiger partial charge in [0.2, 0.25) is 0 Å². The zero-order chi connectivity index (χ0) is 10.1. The Morgan fingerprint density at radius 1 is 1.29 bits per heavy atom. The van der Waals surface area contributed by atoms with Gasteiger partial charge in [0, 0.05) is 12.1 Å². The summed E-state index contributed by atoms with van der Waals surface area (Å²) in [5.74, 6) is 1.71. The Labute approximate surface area is 83.8 Å². The van der Waals surface area contributed by atoms with E-state index >= 15 is 0 Å². The molecule has 1 aromatic carbocycles. The van der Waals surface area contributed by atoms with E-state index in [-0.39, 0.29) is 6.04 Å². The molecule has 0 saturated carbocycles. The smallest absolute Gasteiger partial charge is 0.126 e. The largest absolute Gasteiger partial charge is 0.497 e. The van der Waals surface area contributed by atoms with Crippen molar-refractivity contribution in [3.8, 4) is 11.5 Å². The highest BCUT2D eigenvalue weighted by atomic mass is 16.5. The molecule has 1 atom stereocenters. The molecule has 2 rings (SSSR count). The predicted molar refractivity (Wildman–Crippen MR) is 54.8 cm³/mol. The molecule has 1 aliphatic rings. The molecule has 14 heavy (non-hydrogen) atoms. The van der Waals surface area contributed by atoms with E-state index < -0.39 is 0 Å². The predicted octanol–water partition coefficient (Wildman–Crippen LogP) is 1.65. The van der Waals surface area contributed by atoms with Crippen LogP contribution in [0.5, 0.6) is 11.5 Å². The molecule has 0 radical (unpaired) electrons. The molecule has 3 heteroatoms. The highest BCUT2D eigenvalue weighted by molar-refractivity contribution is 5.50. The maximum atomic E-state index is 5.98. The maximum absolute atomic E-state index is 5.98. The van der Waals surface area contributed by atoms with Crippen molar-refractivity contribution in [2.75, 3.05) is 14.2 Å². The molecule has 0 fully saturated rings. The third kappa shape index (κ3) is 1.34. The number of methoxy groups -OCH3 is 2. The molecule has 0 aliphatic heterocycles. The van der Waals surface area contributed by atoms with Gasteiger partial charge in [-0.25, -0.2) is 0 Å². The standard InChI is InChI=1S/C11H15NO2/c1-13-7-5-9-8(3-4-10(9)12)11(6-7)14-2/h5-6,10H,3-4,12H2,1-2H3/t10-/m1/s1. The quantitative estimate of drug-likeness (QED) is 0.776. The molecule has 76 valence electrons. The van der Waals surface area contributed by atoms with Crippen LogP contribution in [0.4, 0.5) is 0 Å². The van der Waals surface area contributed by atoms with E-state index in [2.05, 4.69) is 0 Å². The SMILES string of the molecule is COc1cc(OC)c2c(c1)[C@H](N)CC2. The van der Waals surface area contributed by atoms with Crippen molar-refractivity contribution in [2.45, 2.75) is 18.9 Å². The Kier molecular flexibility index (Phi) is 2.33. The van der Waals surface area contributed by atoms with Crippen LogP contribution >= 0.6 is 0 Å². The zero-order valence-corrected chi connectivity index (χ0v) is 8.54. The number of hydrogen-bond donors (Lipinski definition) is 1. The number of benzene rings is 1. The molecule has 1 aliphatic carbocycles. The molecule has 0 unspecified atom stereocenters. The van der Waals surface area contributed by atoms with Crippen molar-refractivity contribution in [1.29, 1.82) is 0 Å². The molecule has 1 aromatic rings. The van der Waals surface area contributed by atoms with Gasteiger partial charge in [0.05, 0.1) is 14.2 Å². The van der Waals surface area contributed by atoms with Gasteiger partial charge in [-0.05, 0) is 30.0 Å². The summed E-state index contributed by atoms with van der Waals surface area (Å²) in [6, 6.07) is 4.06. The topological polar surface area (TPSA) is 44.5 Å². The average molecular weight is 193 g/mol. The zero-order valence-electron chi connectivity index (χ0n) is 8.54. The Morgan fingerprint density at radius 3 is 2.71 bits per heavy atom. The summed E-state index contributed by atoms with van der Waals surface area (Å²) in [6.45, 7) is 0. The van der Waals surface area contributed by atoms with Crippen LogP contribution in [0.2, 0.25) is 0 Å². The monoisotopic (exact) mass is 193 g/mol. The second-order valence-electron chi connectivity index (χ2n) is 3.54. The minimum absolute atomic E-state index is 0.133. The van der Waals surface area contributed by atoms with Crippen molar-refractivity contribution in [3.63, 3.8) is 0 Å². The summed E-state index contributed by atoms with van der Waals surface area (Å²) < 4.78 is 10.5. The van der Waals surface area contributed by atoms with E-state index in [0.29, 0.717) is 0 Å². The van der Waals surface area contributed by atoms with Crippen LogP contribution in [0, 0.1) is 0 Å². The molecule has 0 amide bonds. The van der Waals surface area contributed by atoms with Crippen LogP contribution < -0.4 is 15.2 Å². The van der Waals surface area contributed by atoms with Crippen LogP contribution in [-0.4, -0.2) is 14.2 Å². The third-order valence-electron chi connectivity index (χ3n) is 2.78. The molecule has 0 saturated heterocycles. The first-order valence-electron chi connectivity index (χ1n) is 4.76. The lowest BCUT2D eigenvalue weighted by atomic mass is 10.1. The number of ether oxygens (including phenoxy) is 2. The van der Waals surface area contributed by atoms with Gasteiger partial charge < -0.3 is 15.2 Å². The van der Waals surface area contributed by atoms with Crippen molar-refractivity contribution in [2.24, 2.45) is 5.73 Å². The van der Waals surface area contributed by atoms with Gasteiger partial charge in [-0.1, -0.05) is 0 Å². The molecular formula is C11H15NO2. The fourth-order valence-electron chi connectivity index (χ4n) is 1.99. The van der Waals surface area contributed by atoms with Crippen molar-refractivity contribution >= 4 is 0 Å². The maximum Gasteiger partial charge on any atom is 0.126 e. The first kappa shape index (κ1) is 9.34. The Bertz CT molecular complexity index is 349. The third-order valence-corrected chi connectivity index (χ3v) is 2.78. The molecule has 0 heterocycles. The minimum atomic E-state index is 0.133. The van der Waals surface area contributed by atoms with Crippen molar-refractivity contribution < 1.29 is 9.47 Å². The number of rotatable bonds is 2. The van der Waals surface area contributed by atoms with Crippen LogP contribution in [0.15, 0.2) is 12.1 Å². The summed E-state index contributed by atoms with van der Waals surface area (Å²) in [7, 11) is 3.33. The summed E-state index contributed by atoms with van der Waals surface area (Å²) in [5.41, 5.74) is 8.39. The van der Waals surface area contributed by atoms with Gasteiger partial charge in [0.25, 0.3) is 0 Å². The van der Waals surface area contributed by atoms with Crippen molar-refractivity contribution in [3.05, 3.63) is 23.3 Å². The fraction of sp³-hybridized carbons (Fsp3) is 0.455. The van der Waals surface area contributed by atoms with E-state index in [1.54, 1.807) is 14.2 Å². The van der Waals surface area contributed by atoms with E-state index in [4.69, 9.17) is 15.2 Å². The summed E-state index contributed by atoms with van der Waals surface area (Å²) in [5, 5.41) is 0. The van der Waals surface area contributed by atoms with Gasteiger partial charge in [-0.15, -0.1) is 0 Å². The lowest BCUT2D eigenvalue weighted by molar-refractivity contribution is 0.391. The lowest BCUT2D eigenvalue weighted by Gasteiger charge is -2.11. The van der Waals surface area contributed by atoms with Gasteiger partial charge in [-0.3, -0.25) is 0 Å². The molecule has 0 aromatic heterocycles. The van der Waals surface area contributed by atoms with Gasteiger partial charge >= 0.3 is 0 Å².